The van der Waals surface area contributed by atoms with Crippen LogP contribution in [0.5, 0.6) is 5.75 Å². The number of aromatic nitrogens is 2. The fraction of sp³-hybridized carbons (Fsp3) is 0.0294. The highest BCUT2D eigenvalue weighted by Gasteiger charge is 2.17. The molecule has 0 unspecified atom stereocenters. The van der Waals surface area contributed by atoms with Crippen LogP contribution in [0.1, 0.15) is 21.6 Å². The third-order valence-corrected chi connectivity index (χ3v) is 6.50. The third-order valence-electron chi connectivity index (χ3n) is 6.50. The van der Waals surface area contributed by atoms with Crippen molar-refractivity contribution in [3.8, 4) is 22.7 Å². The minimum Gasteiger partial charge on any atom is -0.489 e. The number of hydrogen-bond acceptors (Lipinski definition) is 4. The third kappa shape index (κ3) is 5.66. The van der Waals surface area contributed by atoms with Crippen molar-refractivity contribution >= 4 is 22.9 Å². The van der Waals surface area contributed by atoms with Crippen molar-refractivity contribution in [3.05, 3.63) is 150 Å². The maximum absolute atomic E-state index is 13.0. The molecule has 0 fully saturated rings. The molecule has 1 N–H and O–H groups in total. The van der Waals surface area contributed by atoms with Gasteiger partial charge in [-0.25, -0.2) is 10.1 Å². The Morgan fingerprint density at radius 1 is 0.775 bits per heavy atom. The number of carbonyl (C=O) groups excluding carboxylic acids is 1. The summed E-state index contributed by atoms with van der Waals surface area (Å²) in [5, 5.41) is 11.1. The molecule has 0 spiro atoms. The standard InChI is InChI=1S/C34H26N4O2/c39-34(36-35-23-25-15-19-31(20-16-25)40-24-26-9-3-1-4-10-26)32-22-33(38(37-32)30-13-5-2-6-14-30)29-18-17-27-11-7-8-12-28(27)21-29/h1-23H,24H2,(H,36,39)/b35-23-. The van der Waals surface area contributed by atoms with Crippen LogP contribution in [0, 0.1) is 0 Å². The number of nitrogens with one attached hydrogen (secondary N) is 1. The van der Waals surface area contributed by atoms with Gasteiger partial charge in [0, 0.05) is 5.56 Å². The molecule has 0 radical (unpaired) electrons. The predicted molar refractivity (Wildman–Crippen MR) is 159 cm³/mol. The molecule has 0 aliphatic heterocycles. The summed E-state index contributed by atoms with van der Waals surface area (Å²) < 4.78 is 7.62. The van der Waals surface area contributed by atoms with E-state index in [1.807, 2.05) is 103 Å². The number of fused-ring (bicyclic) bond motifs is 1. The Hall–Kier alpha value is -5.49. The zero-order valence-electron chi connectivity index (χ0n) is 21.6. The number of ether oxygens (including phenoxy) is 1. The summed E-state index contributed by atoms with van der Waals surface area (Å²) in [6, 6.07) is 43.5. The fourth-order valence-electron chi connectivity index (χ4n) is 4.43. The molecule has 6 aromatic rings. The van der Waals surface area contributed by atoms with Crippen LogP contribution in [-0.2, 0) is 6.61 Å². The first kappa shape index (κ1) is 24.8. The molecule has 0 aliphatic carbocycles. The SMILES string of the molecule is O=C(N/N=C\c1ccc(OCc2ccccc2)cc1)c1cc(-c2ccc3ccccc3c2)n(-c2ccccc2)n1. The Bertz CT molecular complexity index is 1780. The molecule has 0 saturated heterocycles. The smallest absolute Gasteiger partial charge is 0.291 e. The zero-order valence-corrected chi connectivity index (χ0v) is 21.6. The Morgan fingerprint density at radius 3 is 2.25 bits per heavy atom. The number of hydrogen-bond donors (Lipinski definition) is 1. The summed E-state index contributed by atoms with van der Waals surface area (Å²) in [7, 11) is 0. The lowest BCUT2D eigenvalue weighted by Gasteiger charge is -2.08. The lowest BCUT2D eigenvalue weighted by molar-refractivity contribution is 0.0949. The van der Waals surface area contributed by atoms with Crippen molar-refractivity contribution in [2.75, 3.05) is 0 Å². The minimum atomic E-state index is -0.393. The first-order valence-corrected chi connectivity index (χ1v) is 13.0. The molecule has 0 atom stereocenters. The van der Waals surface area contributed by atoms with E-state index in [1.54, 1.807) is 17.0 Å². The number of benzene rings is 5. The van der Waals surface area contributed by atoms with Crippen molar-refractivity contribution in [3.63, 3.8) is 0 Å². The highest BCUT2D eigenvalue weighted by molar-refractivity contribution is 5.95. The number of nitrogens with zero attached hydrogens (tertiary/aromatic N) is 3. The second kappa shape index (κ2) is 11.5. The maximum atomic E-state index is 13.0. The van der Waals surface area contributed by atoms with Gasteiger partial charge in [-0.15, -0.1) is 0 Å². The van der Waals surface area contributed by atoms with Crippen LogP contribution >= 0.6 is 0 Å². The Morgan fingerprint density at radius 2 is 1.48 bits per heavy atom. The van der Waals surface area contributed by atoms with Gasteiger partial charge in [-0.3, -0.25) is 4.79 Å². The van der Waals surface area contributed by atoms with Gasteiger partial charge in [-0.1, -0.05) is 84.9 Å². The van der Waals surface area contributed by atoms with Crippen molar-refractivity contribution in [2.24, 2.45) is 5.10 Å². The Kier molecular flexibility index (Phi) is 7.13. The summed E-state index contributed by atoms with van der Waals surface area (Å²) in [6.45, 7) is 0.501. The maximum Gasteiger partial charge on any atom is 0.291 e. The van der Waals surface area contributed by atoms with E-state index in [-0.39, 0.29) is 5.69 Å². The summed E-state index contributed by atoms with van der Waals surface area (Å²) >= 11 is 0. The first-order chi connectivity index (χ1) is 19.7. The van der Waals surface area contributed by atoms with Crippen LogP contribution in [0.25, 0.3) is 27.7 Å². The quantitative estimate of drug-likeness (QED) is 0.172. The van der Waals surface area contributed by atoms with E-state index >= 15 is 0 Å². The summed E-state index contributed by atoms with van der Waals surface area (Å²) in [5.74, 6) is 0.369. The lowest BCUT2D eigenvalue weighted by atomic mass is 10.0. The fourth-order valence-corrected chi connectivity index (χ4v) is 4.43. The molecular weight excluding hydrogens is 496 g/mol. The largest absolute Gasteiger partial charge is 0.489 e. The van der Waals surface area contributed by atoms with Gasteiger partial charge in [0.1, 0.15) is 12.4 Å². The van der Waals surface area contributed by atoms with Gasteiger partial charge in [0.25, 0.3) is 5.91 Å². The van der Waals surface area contributed by atoms with Gasteiger partial charge >= 0.3 is 0 Å². The predicted octanol–water partition coefficient (Wildman–Crippen LogP) is 7.04. The van der Waals surface area contributed by atoms with Crippen LogP contribution in [0.2, 0.25) is 0 Å². The molecule has 6 heteroatoms. The number of amides is 1. The van der Waals surface area contributed by atoms with Gasteiger partial charge in [-0.2, -0.15) is 10.2 Å². The Labute approximate surface area is 232 Å². The average Bonchev–Trinajstić information content (AvgIpc) is 3.47. The molecule has 0 aliphatic rings. The molecule has 0 bridgehead atoms. The molecule has 1 heterocycles. The zero-order chi connectivity index (χ0) is 27.1. The minimum absolute atomic E-state index is 0.272. The van der Waals surface area contributed by atoms with Crippen molar-refractivity contribution < 1.29 is 9.53 Å². The first-order valence-electron chi connectivity index (χ1n) is 13.0. The van der Waals surface area contributed by atoms with Gasteiger partial charge in [0.05, 0.1) is 17.6 Å². The van der Waals surface area contributed by atoms with Crippen molar-refractivity contribution in [1.82, 2.24) is 15.2 Å². The van der Waals surface area contributed by atoms with E-state index in [4.69, 9.17) is 4.74 Å². The number of hydrazone groups is 1. The molecule has 0 saturated carbocycles. The van der Waals surface area contributed by atoms with Gasteiger partial charge in [0.2, 0.25) is 0 Å². The van der Waals surface area contributed by atoms with Crippen LogP contribution in [0.4, 0.5) is 0 Å². The molecular formula is C34H26N4O2. The van der Waals surface area contributed by atoms with Gasteiger partial charge in [0.15, 0.2) is 5.69 Å². The summed E-state index contributed by atoms with van der Waals surface area (Å²) in [6.07, 6.45) is 1.59. The molecule has 1 aromatic heterocycles. The van der Waals surface area contributed by atoms with E-state index in [1.165, 1.54) is 0 Å². The Balaban J connectivity index is 1.18. The second-order valence-electron chi connectivity index (χ2n) is 9.27. The van der Waals surface area contributed by atoms with Crippen LogP contribution in [0.15, 0.2) is 139 Å². The summed E-state index contributed by atoms with van der Waals surface area (Å²) in [4.78, 5) is 13.0. The highest BCUT2D eigenvalue weighted by Crippen LogP contribution is 2.27. The van der Waals surface area contributed by atoms with E-state index in [0.29, 0.717) is 6.61 Å². The van der Waals surface area contributed by atoms with E-state index in [0.717, 1.165) is 44.6 Å². The molecule has 5 aromatic carbocycles. The molecule has 6 rings (SSSR count). The van der Waals surface area contributed by atoms with Crippen molar-refractivity contribution in [1.29, 1.82) is 0 Å². The molecule has 6 nitrogen and oxygen atoms in total. The molecule has 1 amide bonds. The number of para-hydroxylation sites is 1. The van der Waals surface area contributed by atoms with Crippen LogP contribution < -0.4 is 10.2 Å². The molecule has 194 valence electrons. The summed E-state index contributed by atoms with van der Waals surface area (Å²) in [5.41, 5.74) is 7.46. The van der Waals surface area contributed by atoms with E-state index in [2.05, 4.69) is 39.9 Å². The topological polar surface area (TPSA) is 68.5 Å². The van der Waals surface area contributed by atoms with E-state index < -0.39 is 5.91 Å². The lowest BCUT2D eigenvalue weighted by Crippen LogP contribution is -2.18. The highest BCUT2D eigenvalue weighted by atomic mass is 16.5. The monoisotopic (exact) mass is 522 g/mol. The number of carbonyl (C=O) groups is 1. The van der Waals surface area contributed by atoms with Crippen LogP contribution in [-0.4, -0.2) is 21.9 Å². The van der Waals surface area contributed by atoms with Gasteiger partial charge < -0.3 is 4.74 Å². The van der Waals surface area contributed by atoms with E-state index in [9.17, 15) is 4.79 Å². The second-order valence-corrected chi connectivity index (χ2v) is 9.27. The van der Waals surface area contributed by atoms with Gasteiger partial charge in [-0.05, 0) is 70.4 Å². The number of rotatable bonds is 8. The van der Waals surface area contributed by atoms with Crippen molar-refractivity contribution in [2.45, 2.75) is 6.61 Å². The average molecular weight is 523 g/mol. The van der Waals surface area contributed by atoms with Crippen LogP contribution in [0.3, 0.4) is 0 Å². The molecule has 40 heavy (non-hydrogen) atoms. The normalized spacial score (nSPS) is 11.1.